The first-order valence-electron chi connectivity index (χ1n) is 15.9. The number of hydrogen-bond donors (Lipinski definition) is 0. The van der Waals surface area contributed by atoms with Crippen LogP contribution in [0.5, 0.6) is 0 Å². The lowest BCUT2D eigenvalue weighted by Crippen LogP contribution is -2.54. The second kappa shape index (κ2) is 14.8. The van der Waals surface area contributed by atoms with Crippen LogP contribution in [0.1, 0.15) is 66.5 Å². The predicted octanol–water partition coefficient (Wildman–Crippen LogP) is 9.01. The maximum absolute atomic E-state index is 13.9. The number of amides is 2. The van der Waals surface area contributed by atoms with Gasteiger partial charge in [0.25, 0.3) is 0 Å². The van der Waals surface area contributed by atoms with Crippen molar-refractivity contribution in [3.8, 4) is 0 Å². The molecule has 0 saturated carbocycles. The zero-order valence-electron chi connectivity index (χ0n) is 30.2. The fraction of sp³-hybridized carbons (Fsp3) is 0.588. The van der Waals surface area contributed by atoms with E-state index >= 15 is 0 Å². The van der Waals surface area contributed by atoms with E-state index in [1.54, 1.807) is 20.8 Å². The number of halogens is 3. The van der Waals surface area contributed by atoms with E-state index in [1.165, 1.54) is 18.0 Å². The van der Waals surface area contributed by atoms with E-state index in [9.17, 15) is 31.2 Å². The summed E-state index contributed by atoms with van der Waals surface area (Å²) < 4.78 is 74.4. The molecule has 2 aromatic carbocycles. The Morgan fingerprint density at radius 1 is 0.875 bits per heavy atom. The summed E-state index contributed by atoms with van der Waals surface area (Å²) in [5.41, 5.74) is -4.23. The van der Waals surface area contributed by atoms with E-state index in [0.717, 1.165) is 11.1 Å². The SMILES string of the molecule is CC(C)(C)[Si](C)(C)OS(=O)(=O)C(F)(F)F.C[C@H](C(=O)N1C(=O)OC[C@H]1Cc1ccccc1)[C@@](C)(O[Si](C)(C)C(C)(C)C)c1ccccc1. The third-order valence-electron chi connectivity index (χ3n) is 9.74. The number of carbonyl (C=O) groups excluding carboxylic acids is 2. The fourth-order valence-electron chi connectivity index (χ4n) is 4.51. The van der Waals surface area contributed by atoms with Gasteiger partial charge < -0.3 is 13.0 Å². The number of nitrogens with zero attached hydrogens (tertiary/aromatic N) is 1. The van der Waals surface area contributed by atoms with Gasteiger partial charge in [0.15, 0.2) is 8.32 Å². The molecule has 1 aliphatic heterocycles. The number of hydrogen-bond acceptors (Lipinski definition) is 7. The molecule has 0 radical (unpaired) electrons. The lowest BCUT2D eigenvalue weighted by molar-refractivity contribution is -0.140. The topological polar surface area (TPSA) is 99.2 Å². The zero-order valence-corrected chi connectivity index (χ0v) is 33.0. The second-order valence-electron chi connectivity index (χ2n) is 15.4. The Morgan fingerprint density at radius 3 is 1.77 bits per heavy atom. The molecule has 14 heteroatoms. The first kappa shape index (κ1) is 41.6. The standard InChI is InChI=1S/C27H37NO4Si.C7H15F3O3SSi/c1-20(24(29)28-23(19-31-25(28)30)18-21-14-10-8-11-15-21)27(5,22-16-12-9-13-17-22)32-33(6,7)26(2,3)4;1-6(2,3)15(4,5)13-14(11,12)7(8,9)10/h8-17,20,23H,18-19H2,1-7H3;1-5H3/t20-,23-,27-;/m1./s1. The van der Waals surface area contributed by atoms with Crippen LogP contribution < -0.4 is 0 Å². The molecule has 1 heterocycles. The number of carbonyl (C=O) groups is 2. The van der Waals surface area contributed by atoms with Crippen LogP contribution in [0.15, 0.2) is 60.7 Å². The van der Waals surface area contributed by atoms with Crippen LogP contribution in [-0.4, -0.2) is 60.1 Å². The highest BCUT2D eigenvalue weighted by Crippen LogP contribution is 2.45. The minimum absolute atomic E-state index is 0.0335. The molecule has 48 heavy (non-hydrogen) atoms. The summed E-state index contributed by atoms with van der Waals surface area (Å²) in [4.78, 5) is 27.9. The minimum atomic E-state index is -5.48. The summed E-state index contributed by atoms with van der Waals surface area (Å²) >= 11 is 0. The van der Waals surface area contributed by atoms with Gasteiger partial charge in [-0.05, 0) is 60.7 Å². The largest absolute Gasteiger partial charge is 0.522 e. The van der Waals surface area contributed by atoms with Gasteiger partial charge in [-0.25, -0.2) is 9.69 Å². The van der Waals surface area contributed by atoms with Gasteiger partial charge in [-0.3, -0.25) is 4.79 Å². The molecule has 3 rings (SSSR count). The third kappa shape index (κ3) is 9.80. The molecule has 1 saturated heterocycles. The summed E-state index contributed by atoms with van der Waals surface area (Å²) in [7, 11) is -10.7. The summed E-state index contributed by atoms with van der Waals surface area (Å²) in [5, 5.41) is -0.625. The van der Waals surface area contributed by atoms with Gasteiger partial charge in [0, 0.05) is 0 Å². The third-order valence-corrected chi connectivity index (χ3v) is 21.0. The average molecular weight is 732 g/mol. The Kier molecular flexibility index (Phi) is 12.8. The Morgan fingerprint density at radius 2 is 1.33 bits per heavy atom. The zero-order chi connectivity index (χ0) is 37.1. The van der Waals surface area contributed by atoms with E-state index in [1.807, 2.05) is 74.5 Å². The van der Waals surface area contributed by atoms with Crippen molar-refractivity contribution in [1.82, 2.24) is 4.90 Å². The van der Waals surface area contributed by atoms with Gasteiger partial charge in [0.2, 0.25) is 14.2 Å². The maximum atomic E-state index is 13.9. The van der Waals surface area contributed by atoms with Crippen molar-refractivity contribution < 1.29 is 44.2 Å². The van der Waals surface area contributed by atoms with Crippen LogP contribution in [0.3, 0.4) is 0 Å². The monoisotopic (exact) mass is 731 g/mol. The quantitative estimate of drug-likeness (QED) is 0.188. The van der Waals surface area contributed by atoms with Crippen molar-refractivity contribution in [2.75, 3.05) is 6.61 Å². The van der Waals surface area contributed by atoms with Crippen LogP contribution in [0.4, 0.5) is 18.0 Å². The Balaban J connectivity index is 0.000000450. The molecule has 2 amide bonds. The average Bonchev–Trinajstić information content (AvgIpc) is 3.30. The van der Waals surface area contributed by atoms with Crippen LogP contribution in [0.25, 0.3) is 0 Å². The lowest BCUT2D eigenvalue weighted by atomic mass is 9.83. The highest BCUT2D eigenvalue weighted by Gasteiger charge is 2.53. The number of benzene rings is 2. The van der Waals surface area contributed by atoms with E-state index in [4.69, 9.17) is 9.16 Å². The lowest BCUT2D eigenvalue weighted by Gasteiger charge is -2.47. The summed E-state index contributed by atoms with van der Waals surface area (Å²) in [6.07, 6.45) is -0.00794. The minimum Gasteiger partial charge on any atom is -0.447 e. The van der Waals surface area contributed by atoms with E-state index < -0.39 is 54.9 Å². The summed E-state index contributed by atoms with van der Waals surface area (Å²) in [6, 6.07) is 19.4. The van der Waals surface area contributed by atoms with Crippen molar-refractivity contribution in [2.24, 2.45) is 5.92 Å². The van der Waals surface area contributed by atoms with Crippen molar-refractivity contribution in [3.05, 3.63) is 71.8 Å². The van der Waals surface area contributed by atoms with Gasteiger partial charge in [-0.15, -0.1) is 0 Å². The van der Waals surface area contributed by atoms with Crippen LogP contribution >= 0.6 is 0 Å². The molecule has 0 spiro atoms. The maximum Gasteiger partial charge on any atom is 0.522 e. The predicted molar refractivity (Wildman–Crippen MR) is 187 cm³/mol. The molecule has 8 nitrogen and oxygen atoms in total. The van der Waals surface area contributed by atoms with Crippen molar-refractivity contribution in [3.63, 3.8) is 0 Å². The smallest absolute Gasteiger partial charge is 0.447 e. The molecule has 0 unspecified atom stereocenters. The van der Waals surface area contributed by atoms with Crippen LogP contribution in [-0.2, 0) is 40.0 Å². The summed E-state index contributed by atoms with van der Waals surface area (Å²) in [6.45, 7) is 22.8. The number of rotatable bonds is 9. The van der Waals surface area contributed by atoms with Gasteiger partial charge in [0.05, 0.1) is 17.6 Å². The normalized spacial score (nSPS) is 18.4. The molecule has 0 bridgehead atoms. The molecule has 0 N–H and O–H groups in total. The first-order valence-corrected chi connectivity index (χ1v) is 23.1. The Bertz CT molecular complexity index is 1510. The van der Waals surface area contributed by atoms with E-state index in [-0.39, 0.29) is 23.6 Å². The molecular weight excluding hydrogens is 680 g/mol. The van der Waals surface area contributed by atoms with Crippen molar-refractivity contribution in [1.29, 1.82) is 0 Å². The highest BCUT2D eigenvalue weighted by atomic mass is 32.2. The van der Waals surface area contributed by atoms with Gasteiger partial charge in [0.1, 0.15) is 6.61 Å². The van der Waals surface area contributed by atoms with Crippen LogP contribution in [0, 0.1) is 5.92 Å². The van der Waals surface area contributed by atoms with Gasteiger partial charge >= 0.3 is 21.7 Å². The molecule has 2 aromatic rings. The van der Waals surface area contributed by atoms with Gasteiger partial charge in [-0.2, -0.15) is 21.6 Å². The van der Waals surface area contributed by atoms with Gasteiger partial charge in [-0.1, -0.05) is 109 Å². The molecule has 0 aromatic heterocycles. The molecule has 270 valence electrons. The Labute approximate surface area is 286 Å². The molecule has 3 atom stereocenters. The van der Waals surface area contributed by atoms with Crippen molar-refractivity contribution >= 4 is 38.8 Å². The molecular formula is C34H52F3NO7SSi2. The van der Waals surface area contributed by atoms with E-state index in [0.29, 0.717) is 6.42 Å². The fourth-order valence-corrected chi connectivity index (χ4v) is 9.74. The van der Waals surface area contributed by atoms with Crippen molar-refractivity contribution in [2.45, 2.75) is 115 Å². The van der Waals surface area contributed by atoms with E-state index in [2.05, 4.69) is 37.7 Å². The van der Waals surface area contributed by atoms with Crippen LogP contribution in [0.2, 0.25) is 36.3 Å². The number of alkyl halides is 3. The number of imide groups is 1. The first-order chi connectivity index (χ1) is 21.6. The molecule has 1 aliphatic rings. The molecule has 0 aliphatic carbocycles. The molecule has 1 fully saturated rings. The highest BCUT2D eigenvalue weighted by molar-refractivity contribution is 7.88. The number of ether oxygens (including phenoxy) is 1. The number of cyclic esters (lactones) is 1. The Hall–Kier alpha value is -2.53. The summed E-state index contributed by atoms with van der Waals surface area (Å²) in [5.74, 6) is -0.846. The second-order valence-corrected chi connectivity index (χ2v) is 26.7.